The number of hydrogen-bond acceptors (Lipinski definition) is 3. The van der Waals surface area contributed by atoms with Crippen LogP contribution in [-0.2, 0) is 0 Å². The summed E-state index contributed by atoms with van der Waals surface area (Å²) in [5, 5.41) is 18.2. The van der Waals surface area contributed by atoms with Crippen molar-refractivity contribution < 1.29 is 9.90 Å². The molecule has 1 rings (SSSR count). The molecule has 0 bridgehead atoms. The first kappa shape index (κ1) is 10.9. The van der Waals surface area contributed by atoms with E-state index in [0.717, 1.165) is 0 Å². The molecule has 0 radical (unpaired) electrons. The van der Waals surface area contributed by atoms with E-state index < -0.39 is 6.03 Å². The molecule has 0 aliphatic rings. The van der Waals surface area contributed by atoms with Gasteiger partial charge in [-0.3, -0.25) is 4.90 Å². The fourth-order valence-electron chi connectivity index (χ4n) is 1.25. The lowest BCUT2D eigenvalue weighted by Gasteiger charge is -2.19. The molecule has 5 heteroatoms. The second-order valence-corrected chi connectivity index (χ2v) is 2.90. The zero-order valence-corrected chi connectivity index (χ0v) is 8.27. The van der Waals surface area contributed by atoms with Gasteiger partial charge >= 0.3 is 6.03 Å². The first-order valence-corrected chi connectivity index (χ1v) is 4.40. The minimum Gasteiger partial charge on any atom is -0.506 e. The molecule has 0 aliphatic heterocycles. The molecule has 0 saturated heterocycles. The minimum atomic E-state index is -0.664. The summed E-state index contributed by atoms with van der Waals surface area (Å²) in [7, 11) is 0. The van der Waals surface area contributed by atoms with E-state index in [0.29, 0.717) is 12.1 Å². The van der Waals surface area contributed by atoms with Gasteiger partial charge in [0.05, 0.1) is 17.3 Å². The molecule has 1 aromatic carbocycles. The lowest BCUT2D eigenvalue weighted by atomic mass is 10.2. The Morgan fingerprint density at radius 1 is 1.67 bits per heavy atom. The van der Waals surface area contributed by atoms with Crippen LogP contribution >= 0.6 is 0 Å². The first-order valence-electron chi connectivity index (χ1n) is 4.40. The minimum absolute atomic E-state index is 0.0744. The Hall–Kier alpha value is -2.22. The predicted octanol–water partition coefficient (Wildman–Crippen LogP) is 1.17. The summed E-state index contributed by atoms with van der Waals surface area (Å²) in [6, 6.07) is 5.51. The molecule has 0 saturated carbocycles. The molecule has 0 heterocycles. The Morgan fingerprint density at radius 3 is 2.80 bits per heavy atom. The number of amides is 2. The van der Waals surface area contributed by atoms with E-state index in [2.05, 4.69) is 0 Å². The van der Waals surface area contributed by atoms with E-state index >= 15 is 0 Å². The number of nitriles is 1. The van der Waals surface area contributed by atoms with Gasteiger partial charge in [-0.25, -0.2) is 4.79 Å². The Morgan fingerprint density at radius 2 is 2.33 bits per heavy atom. The van der Waals surface area contributed by atoms with E-state index in [1.54, 1.807) is 6.92 Å². The van der Waals surface area contributed by atoms with Crippen LogP contribution in [0.4, 0.5) is 10.5 Å². The van der Waals surface area contributed by atoms with Gasteiger partial charge in [0.2, 0.25) is 0 Å². The summed E-state index contributed by atoms with van der Waals surface area (Å²) >= 11 is 0. The van der Waals surface area contributed by atoms with Crippen LogP contribution in [-0.4, -0.2) is 17.7 Å². The molecule has 0 atom stereocenters. The number of primary amides is 1. The Bertz CT molecular complexity index is 423. The number of hydrogen-bond donors (Lipinski definition) is 2. The van der Waals surface area contributed by atoms with Gasteiger partial charge in [-0.05, 0) is 25.1 Å². The summed E-state index contributed by atoms with van der Waals surface area (Å²) in [6.07, 6.45) is 0. The zero-order chi connectivity index (χ0) is 11.4. The van der Waals surface area contributed by atoms with Crippen molar-refractivity contribution in [2.75, 3.05) is 11.4 Å². The fraction of sp³-hybridized carbons (Fsp3) is 0.200. The number of nitrogens with zero attached hydrogens (tertiary/aromatic N) is 2. The van der Waals surface area contributed by atoms with Crippen molar-refractivity contribution in [3.05, 3.63) is 23.8 Å². The molecule has 78 valence electrons. The summed E-state index contributed by atoms with van der Waals surface area (Å²) in [4.78, 5) is 12.2. The highest BCUT2D eigenvalue weighted by molar-refractivity contribution is 5.92. The number of phenolic OH excluding ortho intramolecular Hbond substituents is 1. The quantitative estimate of drug-likeness (QED) is 0.759. The summed E-state index contributed by atoms with van der Waals surface area (Å²) < 4.78 is 0. The Balaban J connectivity index is 3.22. The van der Waals surface area contributed by atoms with Crippen LogP contribution in [0.5, 0.6) is 5.75 Å². The van der Waals surface area contributed by atoms with Crippen LogP contribution in [0.25, 0.3) is 0 Å². The topological polar surface area (TPSA) is 90.4 Å². The molecular formula is C10H11N3O2. The number of rotatable bonds is 2. The average molecular weight is 205 g/mol. The summed E-state index contributed by atoms with van der Waals surface area (Å²) in [6.45, 7) is 2.06. The predicted molar refractivity (Wildman–Crippen MR) is 55.4 cm³/mol. The lowest BCUT2D eigenvalue weighted by Crippen LogP contribution is -2.35. The smallest absolute Gasteiger partial charge is 0.319 e. The van der Waals surface area contributed by atoms with E-state index in [4.69, 9.17) is 11.0 Å². The third kappa shape index (κ3) is 2.17. The first-order chi connectivity index (χ1) is 7.10. The summed E-state index contributed by atoms with van der Waals surface area (Å²) in [5.74, 6) is -0.0744. The van der Waals surface area contributed by atoms with Gasteiger partial charge in [-0.2, -0.15) is 5.26 Å². The monoisotopic (exact) mass is 205 g/mol. The maximum atomic E-state index is 11.0. The normalized spacial score (nSPS) is 9.33. The van der Waals surface area contributed by atoms with Crippen molar-refractivity contribution in [1.82, 2.24) is 0 Å². The number of carbonyl (C=O) groups is 1. The van der Waals surface area contributed by atoms with Crippen LogP contribution in [0.2, 0.25) is 0 Å². The van der Waals surface area contributed by atoms with Crippen molar-refractivity contribution >= 4 is 11.7 Å². The maximum absolute atomic E-state index is 11.0. The van der Waals surface area contributed by atoms with E-state index in [9.17, 15) is 9.90 Å². The van der Waals surface area contributed by atoms with Crippen molar-refractivity contribution in [2.24, 2.45) is 5.73 Å². The number of anilines is 1. The van der Waals surface area contributed by atoms with Crippen molar-refractivity contribution in [1.29, 1.82) is 5.26 Å². The second-order valence-electron chi connectivity index (χ2n) is 2.90. The average Bonchev–Trinajstić information content (AvgIpc) is 2.21. The molecule has 0 spiro atoms. The van der Waals surface area contributed by atoms with Gasteiger partial charge in [0.25, 0.3) is 0 Å². The van der Waals surface area contributed by atoms with Gasteiger partial charge in [0, 0.05) is 6.54 Å². The van der Waals surface area contributed by atoms with Gasteiger partial charge < -0.3 is 10.8 Å². The Kier molecular flexibility index (Phi) is 3.13. The van der Waals surface area contributed by atoms with Crippen LogP contribution in [0.3, 0.4) is 0 Å². The number of carbonyl (C=O) groups excluding carboxylic acids is 1. The van der Waals surface area contributed by atoms with E-state index in [-0.39, 0.29) is 11.4 Å². The van der Waals surface area contributed by atoms with Gasteiger partial charge in [0.15, 0.2) is 0 Å². The van der Waals surface area contributed by atoms with Crippen LogP contribution < -0.4 is 10.6 Å². The fourth-order valence-corrected chi connectivity index (χ4v) is 1.25. The lowest BCUT2D eigenvalue weighted by molar-refractivity contribution is 0.254. The molecular weight excluding hydrogens is 194 g/mol. The van der Waals surface area contributed by atoms with Crippen molar-refractivity contribution in [2.45, 2.75) is 6.92 Å². The Labute approximate surface area is 87.3 Å². The molecule has 3 N–H and O–H groups in total. The largest absolute Gasteiger partial charge is 0.506 e. The third-order valence-corrected chi connectivity index (χ3v) is 1.98. The van der Waals surface area contributed by atoms with Crippen molar-refractivity contribution in [3.63, 3.8) is 0 Å². The maximum Gasteiger partial charge on any atom is 0.319 e. The number of aromatic hydroxyl groups is 1. The highest BCUT2D eigenvalue weighted by Gasteiger charge is 2.14. The van der Waals surface area contributed by atoms with E-state index in [1.165, 1.54) is 23.1 Å². The molecule has 15 heavy (non-hydrogen) atoms. The number of phenols is 1. The van der Waals surface area contributed by atoms with Crippen LogP contribution in [0.1, 0.15) is 12.5 Å². The SMILES string of the molecule is CCN(C(N)=O)c1cc(C#N)ccc1O. The molecule has 0 unspecified atom stereocenters. The summed E-state index contributed by atoms with van der Waals surface area (Å²) in [5.41, 5.74) is 5.75. The second kappa shape index (κ2) is 4.33. The highest BCUT2D eigenvalue weighted by atomic mass is 16.3. The van der Waals surface area contributed by atoms with Gasteiger partial charge in [-0.15, -0.1) is 0 Å². The molecule has 0 fully saturated rings. The van der Waals surface area contributed by atoms with E-state index in [1.807, 2.05) is 6.07 Å². The van der Waals surface area contributed by atoms with Gasteiger partial charge in [0.1, 0.15) is 5.75 Å². The van der Waals surface area contributed by atoms with Crippen molar-refractivity contribution in [3.8, 4) is 11.8 Å². The standard InChI is InChI=1S/C10H11N3O2/c1-2-13(10(12)15)8-5-7(6-11)3-4-9(8)14/h3-5,14H,2H2,1H3,(H2,12,15). The highest BCUT2D eigenvalue weighted by Crippen LogP contribution is 2.27. The zero-order valence-electron chi connectivity index (χ0n) is 8.27. The number of nitrogens with two attached hydrogens (primary N) is 1. The van der Waals surface area contributed by atoms with Gasteiger partial charge in [-0.1, -0.05) is 0 Å². The molecule has 2 amide bonds. The number of benzene rings is 1. The third-order valence-electron chi connectivity index (χ3n) is 1.98. The van der Waals surface area contributed by atoms with Crippen LogP contribution in [0.15, 0.2) is 18.2 Å². The van der Waals surface area contributed by atoms with Crippen LogP contribution in [0, 0.1) is 11.3 Å². The molecule has 0 aliphatic carbocycles. The molecule has 0 aromatic heterocycles. The number of urea groups is 1. The molecule has 5 nitrogen and oxygen atoms in total. The molecule has 1 aromatic rings.